The summed E-state index contributed by atoms with van der Waals surface area (Å²) in [7, 11) is 0. The molecule has 1 saturated carbocycles. The summed E-state index contributed by atoms with van der Waals surface area (Å²) in [5.74, 6) is -0.187. The Morgan fingerprint density at radius 3 is 2.41 bits per heavy atom. The van der Waals surface area contributed by atoms with Crippen molar-refractivity contribution in [3.63, 3.8) is 0 Å². The van der Waals surface area contributed by atoms with Gasteiger partial charge in [-0.15, -0.1) is 0 Å². The second-order valence-corrected chi connectivity index (χ2v) is 7.92. The Balaban J connectivity index is 1.43. The smallest absolute Gasteiger partial charge is 0.311 e. The van der Waals surface area contributed by atoms with Crippen molar-refractivity contribution in [3.8, 4) is 5.75 Å². The number of carboxylic acid groups (broad SMARTS) is 1. The van der Waals surface area contributed by atoms with Crippen LogP contribution in [0.4, 0.5) is 0 Å². The van der Waals surface area contributed by atoms with Gasteiger partial charge in [-0.1, -0.05) is 62.1 Å². The summed E-state index contributed by atoms with van der Waals surface area (Å²) in [6, 6.07) is 19.6. The van der Waals surface area contributed by atoms with E-state index in [1.807, 2.05) is 60.7 Å². The lowest BCUT2D eigenvalue weighted by molar-refractivity contribution is -0.140. The summed E-state index contributed by atoms with van der Waals surface area (Å²) < 4.78 is 5.89. The molecule has 3 aromatic rings. The van der Waals surface area contributed by atoms with Crippen LogP contribution in [-0.2, 0) is 11.4 Å². The molecule has 1 N–H and O–H groups in total. The lowest BCUT2D eigenvalue weighted by Gasteiger charge is -2.23. The monoisotopic (exact) mass is 389 g/mol. The van der Waals surface area contributed by atoms with Gasteiger partial charge in [-0.25, -0.2) is 4.98 Å². The van der Waals surface area contributed by atoms with E-state index in [1.165, 1.54) is 12.8 Å². The first-order chi connectivity index (χ1) is 14.2. The van der Waals surface area contributed by atoms with Crippen molar-refractivity contribution in [1.29, 1.82) is 0 Å². The fourth-order valence-corrected chi connectivity index (χ4v) is 4.38. The largest absolute Gasteiger partial charge is 0.487 e. The van der Waals surface area contributed by atoms with Crippen molar-refractivity contribution in [2.24, 2.45) is 5.92 Å². The van der Waals surface area contributed by atoms with E-state index in [9.17, 15) is 9.90 Å². The summed E-state index contributed by atoms with van der Waals surface area (Å²) in [4.78, 5) is 16.6. The first kappa shape index (κ1) is 19.4. The highest BCUT2D eigenvalue weighted by molar-refractivity contribution is 5.78. The minimum Gasteiger partial charge on any atom is -0.487 e. The highest BCUT2D eigenvalue weighted by Crippen LogP contribution is 2.36. The van der Waals surface area contributed by atoms with Gasteiger partial charge in [0.05, 0.1) is 17.1 Å². The molecule has 4 heteroatoms. The van der Waals surface area contributed by atoms with Crippen LogP contribution in [0.5, 0.6) is 5.75 Å². The molecule has 1 heterocycles. The third kappa shape index (κ3) is 4.76. The van der Waals surface area contributed by atoms with E-state index in [0.717, 1.165) is 53.6 Å². The van der Waals surface area contributed by atoms with Crippen LogP contribution in [-0.4, -0.2) is 16.1 Å². The Hall–Kier alpha value is -2.88. The number of ether oxygens (including phenoxy) is 1. The molecule has 0 aliphatic heterocycles. The number of carbonyl (C=O) groups is 1. The number of para-hydroxylation sites is 1. The summed E-state index contributed by atoms with van der Waals surface area (Å²) in [6.07, 6.45) is 6.71. The molecule has 1 atom stereocenters. The van der Waals surface area contributed by atoms with E-state index < -0.39 is 11.9 Å². The van der Waals surface area contributed by atoms with Crippen LogP contribution in [0, 0.1) is 5.92 Å². The van der Waals surface area contributed by atoms with Crippen LogP contribution in [0.15, 0.2) is 60.7 Å². The molecular weight excluding hydrogens is 362 g/mol. The fraction of sp³-hybridized carbons (Fsp3) is 0.360. The zero-order chi connectivity index (χ0) is 20.1. The fourth-order valence-electron chi connectivity index (χ4n) is 4.38. The number of fused-ring (bicyclic) bond motifs is 1. The maximum absolute atomic E-state index is 12.0. The molecule has 2 aromatic carbocycles. The molecule has 1 aliphatic carbocycles. The summed E-state index contributed by atoms with van der Waals surface area (Å²) >= 11 is 0. The molecule has 0 spiro atoms. The van der Waals surface area contributed by atoms with Crippen molar-refractivity contribution in [1.82, 2.24) is 4.98 Å². The number of pyridine rings is 1. The molecule has 0 radical (unpaired) electrons. The molecule has 0 saturated heterocycles. The van der Waals surface area contributed by atoms with Crippen LogP contribution >= 0.6 is 0 Å². The van der Waals surface area contributed by atoms with Crippen LogP contribution in [0.25, 0.3) is 10.9 Å². The van der Waals surface area contributed by atoms with Crippen LogP contribution < -0.4 is 4.74 Å². The zero-order valence-electron chi connectivity index (χ0n) is 16.6. The maximum atomic E-state index is 12.0. The number of hydrogen-bond acceptors (Lipinski definition) is 3. The van der Waals surface area contributed by atoms with Gasteiger partial charge in [-0.3, -0.25) is 4.79 Å². The standard InChI is InChI=1S/C25H27NO3/c27-25(28)24(19-8-3-1-2-4-9-19)20-12-15-22(16-13-20)29-17-21-14-11-18-7-5-6-10-23(18)26-21/h5-7,10-16,19,24H,1-4,8-9,17H2,(H,27,28)/t24-/m1/s1. The van der Waals surface area contributed by atoms with Crippen LogP contribution in [0.3, 0.4) is 0 Å². The van der Waals surface area contributed by atoms with Gasteiger partial charge in [0.1, 0.15) is 12.4 Å². The Morgan fingerprint density at radius 2 is 1.69 bits per heavy atom. The number of carboxylic acids is 1. The first-order valence-electron chi connectivity index (χ1n) is 10.5. The molecule has 0 bridgehead atoms. The van der Waals surface area contributed by atoms with E-state index in [-0.39, 0.29) is 5.92 Å². The van der Waals surface area contributed by atoms with Crippen molar-refractivity contribution >= 4 is 16.9 Å². The van der Waals surface area contributed by atoms with E-state index >= 15 is 0 Å². The summed E-state index contributed by atoms with van der Waals surface area (Å²) in [5, 5.41) is 10.9. The highest BCUT2D eigenvalue weighted by Gasteiger charge is 2.30. The molecule has 0 amide bonds. The normalized spacial score (nSPS) is 16.3. The number of aromatic nitrogens is 1. The van der Waals surface area contributed by atoms with Gasteiger partial charge in [0.15, 0.2) is 0 Å². The molecule has 1 aromatic heterocycles. The van der Waals surface area contributed by atoms with Crippen molar-refractivity contribution in [2.75, 3.05) is 0 Å². The molecule has 0 unspecified atom stereocenters. The van der Waals surface area contributed by atoms with Crippen molar-refractivity contribution < 1.29 is 14.6 Å². The Bertz CT molecular complexity index is 959. The molecule has 1 aliphatic rings. The number of benzene rings is 2. The Labute approximate surface area is 171 Å². The molecule has 150 valence electrons. The second-order valence-electron chi connectivity index (χ2n) is 7.92. The molecule has 1 fully saturated rings. The van der Waals surface area contributed by atoms with Crippen molar-refractivity contribution in [3.05, 3.63) is 71.9 Å². The van der Waals surface area contributed by atoms with E-state index in [0.29, 0.717) is 6.61 Å². The minimum atomic E-state index is -0.717. The third-order valence-corrected chi connectivity index (χ3v) is 5.92. The summed E-state index contributed by atoms with van der Waals surface area (Å²) in [6.45, 7) is 0.384. The van der Waals surface area contributed by atoms with Crippen LogP contribution in [0.2, 0.25) is 0 Å². The Morgan fingerprint density at radius 1 is 0.966 bits per heavy atom. The van der Waals surface area contributed by atoms with Gasteiger partial charge >= 0.3 is 5.97 Å². The van der Waals surface area contributed by atoms with Crippen LogP contribution in [0.1, 0.15) is 55.7 Å². The topological polar surface area (TPSA) is 59.4 Å². The molecule has 29 heavy (non-hydrogen) atoms. The molecular formula is C25H27NO3. The Kier molecular flexibility index (Phi) is 6.09. The molecule has 4 nitrogen and oxygen atoms in total. The number of aliphatic carboxylic acids is 1. The SMILES string of the molecule is O=C(O)[C@@H](c1ccc(OCc2ccc3ccccc3n2)cc1)C1CCCCCC1. The highest BCUT2D eigenvalue weighted by atomic mass is 16.5. The average Bonchev–Trinajstić information content (AvgIpc) is 3.02. The number of nitrogens with zero attached hydrogens (tertiary/aromatic N) is 1. The van der Waals surface area contributed by atoms with Gasteiger partial charge in [-0.2, -0.15) is 0 Å². The molecule has 4 rings (SSSR count). The minimum absolute atomic E-state index is 0.226. The van der Waals surface area contributed by atoms with E-state index in [2.05, 4.69) is 4.98 Å². The second kappa shape index (κ2) is 9.08. The lowest BCUT2D eigenvalue weighted by Crippen LogP contribution is -2.21. The van der Waals surface area contributed by atoms with E-state index in [4.69, 9.17) is 4.74 Å². The summed E-state index contributed by atoms with van der Waals surface area (Å²) in [5.41, 5.74) is 2.70. The van der Waals surface area contributed by atoms with Gasteiger partial charge in [-0.05, 0) is 48.6 Å². The van der Waals surface area contributed by atoms with Gasteiger partial charge < -0.3 is 9.84 Å². The van der Waals surface area contributed by atoms with Gasteiger partial charge in [0.2, 0.25) is 0 Å². The predicted molar refractivity (Wildman–Crippen MR) is 114 cm³/mol. The quantitative estimate of drug-likeness (QED) is 0.529. The van der Waals surface area contributed by atoms with Gasteiger partial charge in [0.25, 0.3) is 0 Å². The van der Waals surface area contributed by atoms with Crippen molar-refractivity contribution in [2.45, 2.75) is 51.0 Å². The maximum Gasteiger partial charge on any atom is 0.311 e. The zero-order valence-corrected chi connectivity index (χ0v) is 16.6. The third-order valence-electron chi connectivity index (χ3n) is 5.92. The number of hydrogen-bond donors (Lipinski definition) is 1. The lowest BCUT2D eigenvalue weighted by atomic mass is 9.81. The number of rotatable bonds is 6. The average molecular weight is 389 g/mol. The first-order valence-corrected chi connectivity index (χ1v) is 10.5. The van der Waals surface area contributed by atoms with E-state index in [1.54, 1.807) is 0 Å². The van der Waals surface area contributed by atoms with Gasteiger partial charge in [0, 0.05) is 5.39 Å². The predicted octanol–water partition coefficient (Wildman–Crippen LogP) is 5.95.